The van der Waals surface area contributed by atoms with Crippen molar-refractivity contribution in [2.24, 2.45) is 0 Å². The van der Waals surface area contributed by atoms with Gasteiger partial charge < -0.3 is 20.4 Å². The van der Waals surface area contributed by atoms with Gasteiger partial charge >= 0.3 is 6.03 Å². The van der Waals surface area contributed by atoms with E-state index in [4.69, 9.17) is 4.74 Å². The van der Waals surface area contributed by atoms with Crippen LogP contribution in [0.2, 0.25) is 0 Å². The number of aromatic amines is 1. The van der Waals surface area contributed by atoms with Crippen LogP contribution in [0.5, 0.6) is 0 Å². The van der Waals surface area contributed by atoms with Gasteiger partial charge in [-0.2, -0.15) is 0 Å². The summed E-state index contributed by atoms with van der Waals surface area (Å²) in [6.45, 7) is 3.42. The lowest BCUT2D eigenvalue weighted by Gasteiger charge is -2.20. The van der Waals surface area contributed by atoms with E-state index in [1.807, 2.05) is 25.3 Å². The van der Waals surface area contributed by atoms with E-state index in [0.717, 1.165) is 31.4 Å². The number of carbonyl (C=O) groups excluding carboxylic acids is 1. The van der Waals surface area contributed by atoms with Gasteiger partial charge in [0.2, 0.25) is 0 Å². The lowest BCUT2D eigenvalue weighted by molar-refractivity contribution is 0.0860. The van der Waals surface area contributed by atoms with Gasteiger partial charge in [0.1, 0.15) is 0 Å². The Kier molecular flexibility index (Phi) is 4.63. The second-order valence-electron chi connectivity index (χ2n) is 5.85. The SMILES string of the molecule is C[C@H](NC(=O)NCCc1c[nH]c2ccccc12)[C@H]1CCCO1. The summed E-state index contributed by atoms with van der Waals surface area (Å²) in [5, 5.41) is 7.10. The predicted octanol–water partition coefficient (Wildman–Crippen LogP) is 2.58. The number of aromatic nitrogens is 1. The summed E-state index contributed by atoms with van der Waals surface area (Å²) in [5.74, 6) is 0. The number of amides is 2. The first-order valence-electron chi connectivity index (χ1n) is 7.95. The first kappa shape index (κ1) is 14.9. The average molecular weight is 301 g/mol. The Bertz CT molecular complexity index is 632. The number of nitrogens with one attached hydrogen (secondary N) is 3. The number of hydrogen-bond donors (Lipinski definition) is 3. The third-order valence-electron chi connectivity index (χ3n) is 4.24. The Hall–Kier alpha value is -2.01. The average Bonchev–Trinajstić information content (AvgIpc) is 3.17. The topological polar surface area (TPSA) is 66.2 Å². The van der Waals surface area contributed by atoms with Crippen molar-refractivity contribution < 1.29 is 9.53 Å². The van der Waals surface area contributed by atoms with Crippen LogP contribution in [-0.2, 0) is 11.2 Å². The molecule has 0 bridgehead atoms. The maximum absolute atomic E-state index is 11.9. The number of rotatable bonds is 5. The van der Waals surface area contributed by atoms with E-state index in [2.05, 4.69) is 27.8 Å². The van der Waals surface area contributed by atoms with Gasteiger partial charge in [-0.05, 0) is 37.8 Å². The lowest BCUT2D eigenvalue weighted by Crippen LogP contribution is -2.46. The van der Waals surface area contributed by atoms with Gasteiger partial charge in [0.25, 0.3) is 0 Å². The normalized spacial score (nSPS) is 19.2. The molecule has 22 heavy (non-hydrogen) atoms. The molecule has 0 unspecified atom stereocenters. The Morgan fingerprint density at radius 2 is 2.32 bits per heavy atom. The lowest BCUT2D eigenvalue weighted by atomic mass is 10.1. The molecule has 0 aliphatic carbocycles. The van der Waals surface area contributed by atoms with Crippen LogP contribution >= 0.6 is 0 Å². The largest absolute Gasteiger partial charge is 0.376 e. The van der Waals surface area contributed by atoms with Crippen molar-refractivity contribution >= 4 is 16.9 Å². The molecule has 1 saturated heterocycles. The predicted molar refractivity (Wildman–Crippen MR) is 87.0 cm³/mol. The van der Waals surface area contributed by atoms with Gasteiger partial charge in [-0.1, -0.05) is 18.2 Å². The van der Waals surface area contributed by atoms with Gasteiger partial charge in [-0.25, -0.2) is 4.79 Å². The fraction of sp³-hybridized carbons (Fsp3) is 0.471. The number of fused-ring (bicyclic) bond motifs is 1. The Balaban J connectivity index is 1.45. The first-order valence-corrected chi connectivity index (χ1v) is 7.95. The highest BCUT2D eigenvalue weighted by atomic mass is 16.5. The van der Waals surface area contributed by atoms with E-state index in [0.29, 0.717) is 6.54 Å². The quantitative estimate of drug-likeness (QED) is 0.794. The molecule has 118 valence electrons. The van der Waals surface area contributed by atoms with Crippen molar-refractivity contribution in [2.75, 3.05) is 13.2 Å². The molecular weight excluding hydrogens is 278 g/mol. The summed E-state index contributed by atoms with van der Waals surface area (Å²) >= 11 is 0. The highest BCUT2D eigenvalue weighted by molar-refractivity contribution is 5.83. The van der Waals surface area contributed by atoms with Crippen molar-refractivity contribution in [3.63, 3.8) is 0 Å². The molecule has 2 atom stereocenters. The third-order valence-corrected chi connectivity index (χ3v) is 4.24. The maximum atomic E-state index is 11.9. The summed E-state index contributed by atoms with van der Waals surface area (Å²) in [5.41, 5.74) is 2.36. The van der Waals surface area contributed by atoms with Crippen molar-refractivity contribution in [3.05, 3.63) is 36.0 Å². The highest BCUT2D eigenvalue weighted by Crippen LogP contribution is 2.18. The molecule has 3 rings (SSSR count). The van der Waals surface area contributed by atoms with Crippen LogP contribution in [0.25, 0.3) is 10.9 Å². The van der Waals surface area contributed by atoms with Crippen LogP contribution in [0, 0.1) is 0 Å². The zero-order valence-corrected chi connectivity index (χ0v) is 12.9. The summed E-state index contributed by atoms with van der Waals surface area (Å²) in [7, 11) is 0. The fourth-order valence-corrected chi connectivity index (χ4v) is 3.00. The molecule has 5 heteroatoms. The second-order valence-corrected chi connectivity index (χ2v) is 5.85. The number of para-hydroxylation sites is 1. The standard InChI is InChI=1S/C17H23N3O2/c1-12(16-7-4-10-22-16)20-17(21)18-9-8-13-11-19-15-6-3-2-5-14(13)15/h2-3,5-6,11-12,16,19H,4,7-10H2,1H3,(H2,18,20,21)/t12-,16+/m0/s1. The van der Waals surface area contributed by atoms with Crippen molar-refractivity contribution in [2.45, 2.75) is 38.3 Å². The van der Waals surface area contributed by atoms with Crippen LogP contribution < -0.4 is 10.6 Å². The number of carbonyl (C=O) groups is 1. The van der Waals surface area contributed by atoms with E-state index in [1.165, 1.54) is 10.9 Å². The van der Waals surface area contributed by atoms with Gasteiger partial charge in [-0.3, -0.25) is 0 Å². The number of ether oxygens (including phenoxy) is 1. The second kappa shape index (κ2) is 6.83. The molecule has 5 nitrogen and oxygen atoms in total. The molecule has 0 spiro atoms. The molecule has 2 heterocycles. The van der Waals surface area contributed by atoms with Gasteiger partial charge in [0.05, 0.1) is 12.1 Å². The van der Waals surface area contributed by atoms with Crippen LogP contribution in [0.4, 0.5) is 4.79 Å². The molecular formula is C17H23N3O2. The van der Waals surface area contributed by atoms with Crippen LogP contribution in [0.15, 0.2) is 30.5 Å². The minimum Gasteiger partial charge on any atom is -0.376 e. The number of urea groups is 1. The molecule has 0 saturated carbocycles. The molecule has 1 aliphatic rings. The zero-order chi connectivity index (χ0) is 15.4. The molecule has 0 radical (unpaired) electrons. The Morgan fingerprint density at radius 1 is 1.45 bits per heavy atom. The number of benzene rings is 1. The maximum Gasteiger partial charge on any atom is 0.315 e. The van der Waals surface area contributed by atoms with E-state index in [1.54, 1.807) is 0 Å². The smallest absolute Gasteiger partial charge is 0.315 e. The zero-order valence-electron chi connectivity index (χ0n) is 12.9. The summed E-state index contributed by atoms with van der Waals surface area (Å²) in [6.07, 6.45) is 5.08. The molecule has 3 N–H and O–H groups in total. The Labute approximate surface area is 130 Å². The third kappa shape index (κ3) is 3.42. The van der Waals surface area contributed by atoms with Gasteiger partial charge in [0.15, 0.2) is 0 Å². The minimum absolute atomic E-state index is 0.0515. The molecule has 2 aromatic rings. The molecule has 1 aromatic heterocycles. The van der Waals surface area contributed by atoms with Gasteiger partial charge in [-0.15, -0.1) is 0 Å². The van der Waals surface area contributed by atoms with Crippen LogP contribution in [0.3, 0.4) is 0 Å². The van der Waals surface area contributed by atoms with Gasteiger partial charge in [0, 0.05) is 30.3 Å². The van der Waals surface area contributed by atoms with E-state index in [-0.39, 0.29) is 18.2 Å². The van der Waals surface area contributed by atoms with Crippen molar-refractivity contribution in [1.82, 2.24) is 15.6 Å². The molecule has 1 fully saturated rings. The fourth-order valence-electron chi connectivity index (χ4n) is 3.00. The first-order chi connectivity index (χ1) is 10.7. The van der Waals surface area contributed by atoms with Crippen molar-refractivity contribution in [3.8, 4) is 0 Å². The van der Waals surface area contributed by atoms with E-state index in [9.17, 15) is 4.79 Å². The van der Waals surface area contributed by atoms with Crippen LogP contribution in [-0.4, -0.2) is 36.3 Å². The summed E-state index contributed by atoms with van der Waals surface area (Å²) in [6, 6.07) is 8.13. The molecule has 1 aliphatic heterocycles. The molecule has 1 aromatic carbocycles. The van der Waals surface area contributed by atoms with E-state index >= 15 is 0 Å². The van der Waals surface area contributed by atoms with Crippen molar-refractivity contribution in [1.29, 1.82) is 0 Å². The number of H-pyrrole nitrogens is 1. The molecule has 2 amide bonds. The highest BCUT2D eigenvalue weighted by Gasteiger charge is 2.23. The van der Waals surface area contributed by atoms with Crippen LogP contribution in [0.1, 0.15) is 25.3 Å². The minimum atomic E-state index is -0.122. The number of hydrogen-bond acceptors (Lipinski definition) is 2. The Morgan fingerprint density at radius 3 is 3.14 bits per heavy atom. The summed E-state index contributed by atoms with van der Waals surface area (Å²) in [4.78, 5) is 15.2. The monoisotopic (exact) mass is 301 g/mol. The summed E-state index contributed by atoms with van der Waals surface area (Å²) < 4.78 is 5.58. The van der Waals surface area contributed by atoms with E-state index < -0.39 is 0 Å².